The van der Waals surface area contributed by atoms with Gasteiger partial charge in [0.05, 0.1) is 5.41 Å². The van der Waals surface area contributed by atoms with Crippen molar-refractivity contribution in [2.45, 2.75) is 32.2 Å². The molecule has 1 saturated heterocycles. The Morgan fingerprint density at radius 1 is 1.56 bits per heavy atom. The van der Waals surface area contributed by atoms with E-state index >= 15 is 0 Å². The molecule has 0 spiro atoms. The Morgan fingerprint density at radius 2 is 2.25 bits per heavy atom. The molecular formula is C12H23N3O. The summed E-state index contributed by atoms with van der Waals surface area (Å²) in [6, 6.07) is 0.330. The largest absolute Gasteiger partial charge is 0.352 e. The SMILES string of the molecule is CC1CC(CN)(C(=O)NC2CCN(C)C2)C1. The zero-order valence-corrected chi connectivity index (χ0v) is 10.3. The van der Waals surface area contributed by atoms with Crippen molar-refractivity contribution >= 4 is 5.91 Å². The van der Waals surface area contributed by atoms with Crippen LogP contribution in [-0.2, 0) is 4.79 Å². The highest BCUT2D eigenvalue weighted by molar-refractivity contribution is 5.84. The third kappa shape index (κ3) is 2.09. The first-order chi connectivity index (χ1) is 7.55. The molecule has 4 nitrogen and oxygen atoms in total. The van der Waals surface area contributed by atoms with E-state index < -0.39 is 0 Å². The van der Waals surface area contributed by atoms with Crippen LogP contribution < -0.4 is 11.1 Å². The third-order valence-corrected chi connectivity index (χ3v) is 4.08. The van der Waals surface area contributed by atoms with E-state index in [4.69, 9.17) is 5.73 Å². The molecule has 3 N–H and O–H groups in total. The fourth-order valence-electron chi connectivity index (χ4n) is 3.11. The number of nitrogens with two attached hydrogens (primary N) is 1. The van der Waals surface area contributed by atoms with Gasteiger partial charge < -0.3 is 16.0 Å². The zero-order chi connectivity index (χ0) is 11.8. The molecule has 1 amide bonds. The highest BCUT2D eigenvalue weighted by Crippen LogP contribution is 2.44. The van der Waals surface area contributed by atoms with Crippen LogP contribution in [0.1, 0.15) is 26.2 Å². The molecule has 1 aliphatic carbocycles. The predicted molar refractivity (Wildman–Crippen MR) is 63.9 cm³/mol. The van der Waals surface area contributed by atoms with Gasteiger partial charge in [0.25, 0.3) is 0 Å². The number of nitrogens with one attached hydrogen (secondary N) is 1. The summed E-state index contributed by atoms with van der Waals surface area (Å²) in [6.45, 7) is 4.73. The average Bonchev–Trinajstić information content (AvgIpc) is 2.58. The van der Waals surface area contributed by atoms with E-state index in [0.29, 0.717) is 18.5 Å². The highest BCUT2D eigenvalue weighted by atomic mass is 16.2. The van der Waals surface area contributed by atoms with Crippen LogP contribution >= 0.6 is 0 Å². The number of hydrogen-bond acceptors (Lipinski definition) is 3. The Balaban J connectivity index is 1.87. The van der Waals surface area contributed by atoms with Gasteiger partial charge in [-0.2, -0.15) is 0 Å². The van der Waals surface area contributed by atoms with E-state index in [-0.39, 0.29) is 11.3 Å². The molecular weight excluding hydrogens is 202 g/mol. The molecule has 0 radical (unpaired) electrons. The van der Waals surface area contributed by atoms with Crippen LogP contribution in [0.25, 0.3) is 0 Å². The molecule has 16 heavy (non-hydrogen) atoms. The monoisotopic (exact) mass is 225 g/mol. The fraction of sp³-hybridized carbons (Fsp3) is 0.917. The normalized spacial score (nSPS) is 39.4. The van der Waals surface area contributed by atoms with Gasteiger partial charge in [0.2, 0.25) is 5.91 Å². The van der Waals surface area contributed by atoms with Gasteiger partial charge in [0, 0.05) is 19.1 Å². The van der Waals surface area contributed by atoms with Gasteiger partial charge in [-0.15, -0.1) is 0 Å². The van der Waals surface area contributed by atoms with Crippen LogP contribution in [0.15, 0.2) is 0 Å². The van der Waals surface area contributed by atoms with E-state index in [2.05, 4.69) is 24.2 Å². The molecule has 0 aromatic carbocycles. The molecule has 2 aliphatic rings. The number of likely N-dealkylation sites (tertiary alicyclic amines) is 1. The number of likely N-dealkylation sites (N-methyl/N-ethyl adjacent to an activating group) is 1. The fourth-order valence-corrected chi connectivity index (χ4v) is 3.11. The van der Waals surface area contributed by atoms with Crippen molar-refractivity contribution in [2.24, 2.45) is 17.1 Å². The van der Waals surface area contributed by atoms with Crippen molar-refractivity contribution in [3.63, 3.8) is 0 Å². The zero-order valence-electron chi connectivity index (χ0n) is 10.3. The average molecular weight is 225 g/mol. The molecule has 2 rings (SSSR count). The smallest absolute Gasteiger partial charge is 0.227 e. The van der Waals surface area contributed by atoms with Gasteiger partial charge in [-0.1, -0.05) is 6.92 Å². The first-order valence-electron chi connectivity index (χ1n) is 6.25. The second-order valence-electron chi connectivity index (χ2n) is 5.72. The Morgan fingerprint density at radius 3 is 2.69 bits per heavy atom. The van der Waals surface area contributed by atoms with E-state index in [0.717, 1.165) is 32.4 Å². The Hall–Kier alpha value is -0.610. The van der Waals surface area contributed by atoms with Crippen molar-refractivity contribution < 1.29 is 4.79 Å². The lowest BCUT2D eigenvalue weighted by molar-refractivity contribution is -0.138. The molecule has 0 aromatic heterocycles. The molecule has 1 atom stereocenters. The summed E-state index contributed by atoms with van der Waals surface area (Å²) in [5.74, 6) is 0.842. The van der Waals surface area contributed by atoms with E-state index in [1.54, 1.807) is 0 Å². The lowest BCUT2D eigenvalue weighted by Gasteiger charge is -2.44. The molecule has 92 valence electrons. The second-order valence-corrected chi connectivity index (χ2v) is 5.72. The minimum absolute atomic E-state index is 0.188. The Labute approximate surface area is 97.6 Å². The highest BCUT2D eigenvalue weighted by Gasteiger charge is 2.47. The summed E-state index contributed by atoms with van der Waals surface area (Å²) < 4.78 is 0. The summed E-state index contributed by atoms with van der Waals surface area (Å²) in [4.78, 5) is 14.4. The standard InChI is InChI=1S/C12H23N3O/c1-9-5-12(6-9,8-13)11(16)14-10-3-4-15(2)7-10/h9-10H,3-8,13H2,1-2H3,(H,14,16). The van der Waals surface area contributed by atoms with Crippen LogP contribution in [0.3, 0.4) is 0 Å². The first-order valence-corrected chi connectivity index (χ1v) is 6.25. The topological polar surface area (TPSA) is 58.4 Å². The maximum Gasteiger partial charge on any atom is 0.227 e. The van der Waals surface area contributed by atoms with E-state index in [1.165, 1.54) is 0 Å². The molecule has 0 bridgehead atoms. The Bertz CT molecular complexity index is 273. The summed E-state index contributed by atoms with van der Waals surface area (Å²) in [5.41, 5.74) is 5.51. The van der Waals surface area contributed by atoms with Crippen LogP contribution in [-0.4, -0.2) is 43.5 Å². The lowest BCUT2D eigenvalue weighted by atomic mass is 9.62. The van der Waals surface area contributed by atoms with Gasteiger partial charge >= 0.3 is 0 Å². The van der Waals surface area contributed by atoms with Crippen LogP contribution in [0.5, 0.6) is 0 Å². The van der Waals surface area contributed by atoms with Crippen molar-refractivity contribution in [3.8, 4) is 0 Å². The van der Waals surface area contributed by atoms with Crippen molar-refractivity contribution in [1.29, 1.82) is 0 Å². The number of carbonyl (C=O) groups is 1. The minimum atomic E-state index is -0.249. The van der Waals surface area contributed by atoms with Gasteiger partial charge in [0.1, 0.15) is 0 Å². The number of carbonyl (C=O) groups excluding carboxylic acids is 1. The molecule has 1 saturated carbocycles. The number of amides is 1. The third-order valence-electron chi connectivity index (χ3n) is 4.08. The lowest BCUT2D eigenvalue weighted by Crippen LogP contribution is -2.55. The molecule has 2 fully saturated rings. The van der Waals surface area contributed by atoms with Crippen molar-refractivity contribution in [1.82, 2.24) is 10.2 Å². The Kier molecular flexibility index (Phi) is 3.22. The van der Waals surface area contributed by atoms with Crippen molar-refractivity contribution in [2.75, 3.05) is 26.7 Å². The molecule has 1 heterocycles. The van der Waals surface area contributed by atoms with Gasteiger partial charge in [-0.25, -0.2) is 0 Å². The van der Waals surface area contributed by atoms with Crippen LogP contribution in [0.4, 0.5) is 0 Å². The van der Waals surface area contributed by atoms with E-state index in [1.807, 2.05) is 0 Å². The summed E-state index contributed by atoms with van der Waals surface area (Å²) in [7, 11) is 2.09. The maximum absolute atomic E-state index is 12.2. The quantitative estimate of drug-likeness (QED) is 0.720. The van der Waals surface area contributed by atoms with Crippen LogP contribution in [0, 0.1) is 11.3 Å². The first kappa shape index (κ1) is 11.9. The molecule has 0 aromatic rings. The second kappa shape index (κ2) is 4.34. The van der Waals surface area contributed by atoms with Gasteiger partial charge in [-0.3, -0.25) is 4.79 Å². The van der Waals surface area contributed by atoms with Gasteiger partial charge in [0.15, 0.2) is 0 Å². The number of rotatable bonds is 3. The van der Waals surface area contributed by atoms with E-state index in [9.17, 15) is 4.79 Å². The van der Waals surface area contributed by atoms with Gasteiger partial charge in [-0.05, 0) is 38.8 Å². The summed E-state index contributed by atoms with van der Waals surface area (Å²) in [6.07, 6.45) is 2.98. The number of nitrogens with zero attached hydrogens (tertiary/aromatic N) is 1. The predicted octanol–water partition coefficient (Wildman–Crippen LogP) is 0.182. The summed E-state index contributed by atoms with van der Waals surface area (Å²) in [5, 5.41) is 3.16. The van der Waals surface area contributed by atoms with Crippen LogP contribution in [0.2, 0.25) is 0 Å². The summed E-state index contributed by atoms with van der Waals surface area (Å²) >= 11 is 0. The maximum atomic E-state index is 12.2. The molecule has 1 unspecified atom stereocenters. The molecule has 1 aliphatic heterocycles. The van der Waals surface area contributed by atoms with Crippen molar-refractivity contribution in [3.05, 3.63) is 0 Å². The molecule has 4 heteroatoms. The number of hydrogen-bond donors (Lipinski definition) is 2. The minimum Gasteiger partial charge on any atom is -0.352 e.